The van der Waals surface area contributed by atoms with Crippen LogP contribution in [-0.2, 0) is 24.3 Å². The summed E-state index contributed by atoms with van der Waals surface area (Å²) in [5, 5.41) is 18.0. The summed E-state index contributed by atoms with van der Waals surface area (Å²) in [5.41, 5.74) is 2.98. The average Bonchev–Trinajstić information content (AvgIpc) is 2.98. The smallest absolute Gasteiger partial charge is 0.273 e. The average molecular weight is 330 g/mol. The van der Waals surface area contributed by atoms with E-state index in [1.807, 2.05) is 4.68 Å². The van der Waals surface area contributed by atoms with E-state index in [0.29, 0.717) is 31.9 Å². The Bertz CT molecular complexity index is 784. The van der Waals surface area contributed by atoms with Crippen molar-refractivity contribution < 1.29 is 14.5 Å². The molecule has 0 saturated carbocycles. The zero-order valence-corrected chi connectivity index (χ0v) is 13.3. The molecule has 1 N–H and O–H groups in total. The molecule has 3 rings (SSSR count). The zero-order chi connectivity index (χ0) is 17.1. The molecule has 8 heteroatoms. The van der Waals surface area contributed by atoms with E-state index in [9.17, 15) is 14.9 Å². The van der Waals surface area contributed by atoms with Crippen molar-refractivity contribution in [1.82, 2.24) is 15.1 Å². The molecule has 0 radical (unpaired) electrons. The zero-order valence-electron chi connectivity index (χ0n) is 13.3. The van der Waals surface area contributed by atoms with Gasteiger partial charge in [-0.05, 0) is 13.0 Å². The first-order valence-electron chi connectivity index (χ1n) is 7.71. The minimum atomic E-state index is -0.482. The molecule has 1 aliphatic heterocycles. The van der Waals surface area contributed by atoms with E-state index in [-0.39, 0.29) is 17.2 Å². The number of ether oxygens (including phenoxy) is 1. The van der Waals surface area contributed by atoms with Crippen LogP contribution in [0.5, 0.6) is 0 Å². The van der Waals surface area contributed by atoms with Crippen LogP contribution >= 0.6 is 0 Å². The number of nitrogens with one attached hydrogen (secondary N) is 1. The third-order valence-electron chi connectivity index (χ3n) is 4.05. The summed E-state index contributed by atoms with van der Waals surface area (Å²) in [6.45, 7) is 3.85. The van der Waals surface area contributed by atoms with Gasteiger partial charge in [0.15, 0.2) is 0 Å². The molecule has 1 aromatic carbocycles. The fraction of sp³-hybridized carbons (Fsp3) is 0.375. The first kappa shape index (κ1) is 16.1. The van der Waals surface area contributed by atoms with Gasteiger partial charge in [0, 0.05) is 41.4 Å². The number of nitrogens with zero attached hydrogens (tertiary/aromatic N) is 3. The molecule has 0 fully saturated rings. The van der Waals surface area contributed by atoms with E-state index in [0.717, 1.165) is 17.7 Å². The van der Waals surface area contributed by atoms with Gasteiger partial charge in [-0.15, -0.1) is 0 Å². The topological polar surface area (TPSA) is 99.3 Å². The van der Waals surface area contributed by atoms with Gasteiger partial charge in [0.25, 0.3) is 11.6 Å². The molecule has 0 saturated heterocycles. The van der Waals surface area contributed by atoms with Crippen molar-refractivity contribution in [2.45, 2.75) is 26.5 Å². The van der Waals surface area contributed by atoms with Crippen molar-refractivity contribution in [3.8, 4) is 0 Å². The maximum atomic E-state index is 12.2. The van der Waals surface area contributed by atoms with Gasteiger partial charge in [-0.1, -0.05) is 6.07 Å². The number of amides is 1. The number of hydrogen-bond acceptors (Lipinski definition) is 5. The third kappa shape index (κ3) is 3.28. The minimum absolute atomic E-state index is 0.0520. The predicted molar refractivity (Wildman–Crippen MR) is 85.8 cm³/mol. The van der Waals surface area contributed by atoms with E-state index < -0.39 is 4.92 Å². The van der Waals surface area contributed by atoms with E-state index in [4.69, 9.17) is 4.74 Å². The number of carbonyl (C=O) groups is 1. The molecule has 0 aliphatic carbocycles. The van der Waals surface area contributed by atoms with Gasteiger partial charge >= 0.3 is 0 Å². The molecule has 0 spiro atoms. The predicted octanol–water partition coefficient (Wildman–Crippen LogP) is 1.60. The minimum Gasteiger partial charge on any atom is -0.376 e. The molecule has 24 heavy (non-hydrogen) atoms. The lowest BCUT2D eigenvalue weighted by atomic mass is 10.1. The SMILES string of the molecule is Cc1ccc(C(=O)NCCn2ncc3c2CCOC3)cc1[N+](=O)[O-]. The summed E-state index contributed by atoms with van der Waals surface area (Å²) in [5.74, 6) is -0.331. The number of rotatable bonds is 5. The molecule has 2 heterocycles. The summed E-state index contributed by atoms with van der Waals surface area (Å²) < 4.78 is 7.24. The van der Waals surface area contributed by atoms with Crippen LogP contribution in [0, 0.1) is 17.0 Å². The lowest BCUT2D eigenvalue weighted by Gasteiger charge is -2.14. The Morgan fingerprint density at radius 1 is 1.50 bits per heavy atom. The van der Waals surface area contributed by atoms with Gasteiger partial charge in [0.05, 0.1) is 30.9 Å². The molecular weight excluding hydrogens is 312 g/mol. The van der Waals surface area contributed by atoms with Crippen molar-refractivity contribution in [2.24, 2.45) is 0 Å². The maximum absolute atomic E-state index is 12.2. The molecule has 0 unspecified atom stereocenters. The lowest BCUT2D eigenvalue weighted by Crippen LogP contribution is -2.28. The van der Waals surface area contributed by atoms with Crippen LogP contribution in [0.25, 0.3) is 0 Å². The van der Waals surface area contributed by atoms with Crippen LogP contribution in [0.4, 0.5) is 5.69 Å². The largest absolute Gasteiger partial charge is 0.376 e. The molecule has 126 valence electrons. The number of aryl methyl sites for hydroxylation is 1. The van der Waals surface area contributed by atoms with E-state index in [1.54, 1.807) is 25.3 Å². The number of fused-ring (bicyclic) bond motifs is 1. The number of aromatic nitrogens is 2. The fourth-order valence-electron chi connectivity index (χ4n) is 2.73. The second-order valence-corrected chi connectivity index (χ2v) is 5.66. The third-order valence-corrected chi connectivity index (χ3v) is 4.05. The number of hydrogen-bond donors (Lipinski definition) is 1. The van der Waals surface area contributed by atoms with Crippen LogP contribution in [0.2, 0.25) is 0 Å². The van der Waals surface area contributed by atoms with Crippen molar-refractivity contribution in [3.05, 3.63) is 56.9 Å². The maximum Gasteiger partial charge on any atom is 0.273 e. The Morgan fingerprint density at radius 2 is 2.33 bits per heavy atom. The normalized spacial score (nSPS) is 13.4. The van der Waals surface area contributed by atoms with Crippen molar-refractivity contribution in [1.29, 1.82) is 0 Å². The van der Waals surface area contributed by atoms with Crippen LogP contribution in [0.3, 0.4) is 0 Å². The first-order chi connectivity index (χ1) is 11.6. The van der Waals surface area contributed by atoms with Gasteiger partial charge < -0.3 is 10.1 Å². The molecule has 1 aromatic heterocycles. The highest BCUT2D eigenvalue weighted by Crippen LogP contribution is 2.19. The first-order valence-corrected chi connectivity index (χ1v) is 7.71. The van der Waals surface area contributed by atoms with Gasteiger partial charge in [-0.3, -0.25) is 19.6 Å². The van der Waals surface area contributed by atoms with Crippen molar-refractivity contribution in [3.63, 3.8) is 0 Å². The summed E-state index contributed by atoms with van der Waals surface area (Å²) in [6.07, 6.45) is 2.60. The summed E-state index contributed by atoms with van der Waals surface area (Å²) in [7, 11) is 0. The Labute approximate surface area is 138 Å². The van der Waals surface area contributed by atoms with Crippen LogP contribution in [0.1, 0.15) is 27.2 Å². The molecule has 2 aromatic rings. The molecular formula is C16H18N4O4. The number of carbonyl (C=O) groups excluding carboxylic acids is 1. The van der Waals surface area contributed by atoms with Gasteiger partial charge in [-0.25, -0.2) is 0 Å². The highest BCUT2D eigenvalue weighted by atomic mass is 16.6. The Kier molecular flexibility index (Phi) is 4.57. The van der Waals surface area contributed by atoms with Gasteiger partial charge in [0.1, 0.15) is 0 Å². The number of nitro groups is 1. The summed E-state index contributed by atoms with van der Waals surface area (Å²) in [4.78, 5) is 22.6. The monoisotopic (exact) mass is 330 g/mol. The Hall–Kier alpha value is -2.74. The molecule has 1 amide bonds. The van der Waals surface area contributed by atoms with E-state index in [1.165, 1.54) is 6.07 Å². The number of benzene rings is 1. The lowest BCUT2D eigenvalue weighted by molar-refractivity contribution is -0.385. The molecule has 0 atom stereocenters. The number of nitro benzene ring substituents is 1. The summed E-state index contributed by atoms with van der Waals surface area (Å²) >= 11 is 0. The van der Waals surface area contributed by atoms with Crippen LogP contribution in [-0.4, -0.2) is 33.8 Å². The van der Waals surface area contributed by atoms with Crippen LogP contribution in [0.15, 0.2) is 24.4 Å². The van der Waals surface area contributed by atoms with Gasteiger partial charge in [0.2, 0.25) is 0 Å². The molecule has 8 nitrogen and oxygen atoms in total. The van der Waals surface area contributed by atoms with Gasteiger partial charge in [-0.2, -0.15) is 5.10 Å². The fourth-order valence-corrected chi connectivity index (χ4v) is 2.73. The quantitative estimate of drug-likeness (QED) is 0.663. The van der Waals surface area contributed by atoms with Crippen molar-refractivity contribution >= 4 is 11.6 Å². The molecule has 0 bridgehead atoms. The molecule has 1 aliphatic rings. The van der Waals surface area contributed by atoms with E-state index in [2.05, 4.69) is 10.4 Å². The second kappa shape index (κ2) is 6.79. The van der Waals surface area contributed by atoms with Crippen LogP contribution < -0.4 is 5.32 Å². The van der Waals surface area contributed by atoms with Crippen molar-refractivity contribution in [2.75, 3.05) is 13.2 Å². The summed E-state index contributed by atoms with van der Waals surface area (Å²) in [6, 6.07) is 4.47. The van der Waals surface area contributed by atoms with E-state index >= 15 is 0 Å². The highest BCUT2D eigenvalue weighted by Gasteiger charge is 2.16. The highest BCUT2D eigenvalue weighted by molar-refractivity contribution is 5.94. The standard InChI is InChI=1S/C16H18N4O4/c1-11-2-3-12(8-15(11)20(22)23)16(21)17-5-6-19-14-4-7-24-10-13(14)9-18-19/h2-3,8-9H,4-7,10H2,1H3,(H,17,21). The second-order valence-electron chi connectivity index (χ2n) is 5.66. The Balaban J connectivity index is 1.61. The Morgan fingerprint density at radius 3 is 3.12 bits per heavy atom.